The molecule has 0 radical (unpaired) electrons. The van der Waals surface area contributed by atoms with E-state index in [2.05, 4.69) is 26.0 Å². The zero-order valence-electron chi connectivity index (χ0n) is 38.3. The van der Waals surface area contributed by atoms with E-state index in [1.165, 1.54) is 161 Å². The third-order valence-electron chi connectivity index (χ3n) is 11.2. The van der Waals surface area contributed by atoms with Gasteiger partial charge in [-0.05, 0) is 38.5 Å². The number of quaternary nitrogens is 1. The predicted octanol–water partition coefficient (Wildman–Crippen LogP) is 12.1. The van der Waals surface area contributed by atoms with Crippen LogP contribution in [0.5, 0.6) is 0 Å². The molecule has 0 spiro atoms. The van der Waals surface area contributed by atoms with Crippen molar-refractivity contribution in [1.29, 1.82) is 0 Å². The first kappa shape index (κ1) is 55.1. The maximum atomic E-state index is 12.7. The fraction of sp³-hybridized carbons (Fsp3) is 0.898. The van der Waals surface area contributed by atoms with Crippen LogP contribution in [-0.4, -0.2) is 75.5 Å². The van der Waals surface area contributed by atoms with Gasteiger partial charge in [0, 0.05) is 19.3 Å². The molecular weight excluding hydrogens is 715 g/mol. The van der Waals surface area contributed by atoms with E-state index >= 15 is 0 Å². The number of carboxylic acid groups (broad SMARTS) is 1. The Morgan fingerprint density at radius 3 is 1.26 bits per heavy atom. The fourth-order valence-corrected chi connectivity index (χ4v) is 7.36. The van der Waals surface area contributed by atoms with E-state index in [0.29, 0.717) is 12.8 Å². The number of hydrogen-bond acceptors (Lipinski definition) is 7. The summed E-state index contributed by atoms with van der Waals surface area (Å²) in [6, 6.07) is -0.722. The number of aliphatic carboxylic acids is 1. The number of rotatable bonds is 44. The maximum Gasteiger partial charge on any atom is 0.306 e. The average Bonchev–Trinajstić information content (AvgIpc) is 3.17. The van der Waals surface area contributed by atoms with Crippen molar-refractivity contribution in [1.82, 2.24) is 0 Å². The summed E-state index contributed by atoms with van der Waals surface area (Å²) >= 11 is 0. The molecule has 0 N–H and O–H groups in total. The second-order valence-corrected chi connectivity index (χ2v) is 17.7. The van der Waals surface area contributed by atoms with Crippen LogP contribution < -0.4 is 5.11 Å². The van der Waals surface area contributed by atoms with Crippen LogP contribution in [0.2, 0.25) is 0 Å². The summed E-state index contributed by atoms with van der Waals surface area (Å²) in [5.41, 5.74) is 0. The molecule has 0 rings (SSSR count). The first-order chi connectivity index (χ1) is 27.6. The van der Waals surface area contributed by atoms with Crippen LogP contribution in [0.15, 0.2) is 12.2 Å². The molecule has 0 aliphatic heterocycles. The molecule has 0 saturated heterocycles. The van der Waals surface area contributed by atoms with Crippen molar-refractivity contribution in [2.24, 2.45) is 0 Å². The van der Waals surface area contributed by atoms with Gasteiger partial charge in [0.25, 0.3) is 0 Å². The topological polar surface area (TPSA) is 102 Å². The van der Waals surface area contributed by atoms with E-state index in [9.17, 15) is 19.5 Å². The lowest BCUT2D eigenvalue weighted by molar-refractivity contribution is -0.889. The van der Waals surface area contributed by atoms with Gasteiger partial charge >= 0.3 is 11.9 Å². The minimum atomic E-state index is -1.12. The van der Waals surface area contributed by atoms with Gasteiger partial charge in [-0.15, -0.1) is 0 Å². The van der Waals surface area contributed by atoms with E-state index in [1.54, 1.807) is 21.1 Å². The van der Waals surface area contributed by atoms with Crippen LogP contribution in [0.4, 0.5) is 0 Å². The lowest BCUT2D eigenvalue weighted by atomic mass is 10.0. The Morgan fingerprint density at radius 2 is 0.877 bits per heavy atom. The van der Waals surface area contributed by atoms with Gasteiger partial charge in [0.2, 0.25) is 0 Å². The summed E-state index contributed by atoms with van der Waals surface area (Å²) in [6.45, 7) is 4.68. The largest absolute Gasteiger partial charge is 0.544 e. The van der Waals surface area contributed by atoms with Crippen LogP contribution >= 0.6 is 0 Å². The molecular formula is C49H93NO7. The zero-order valence-corrected chi connectivity index (χ0v) is 38.3. The second-order valence-electron chi connectivity index (χ2n) is 17.7. The first-order valence-electron chi connectivity index (χ1n) is 24.2. The van der Waals surface area contributed by atoms with E-state index in [-0.39, 0.29) is 42.7 Å². The van der Waals surface area contributed by atoms with E-state index in [4.69, 9.17) is 14.2 Å². The molecule has 0 saturated carbocycles. The fourth-order valence-electron chi connectivity index (χ4n) is 7.36. The van der Waals surface area contributed by atoms with Crippen molar-refractivity contribution in [3.63, 3.8) is 0 Å². The molecule has 2 unspecified atom stereocenters. The molecule has 0 heterocycles. The Balaban J connectivity index is 4.20. The number of carbonyl (C=O) groups excluding carboxylic acids is 3. The van der Waals surface area contributed by atoms with Gasteiger partial charge in [-0.25, -0.2) is 0 Å². The van der Waals surface area contributed by atoms with Gasteiger partial charge in [0.05, 0.1) is 40.3 Å². The molecule has 0 aromatic carbocycles. The summed E-state index contributed by atoms with van der Waals surface area (Å²) in [5, 5.41) is 11.6. The monoisotopic (exact) mass is 808 g/mol. The summed E-state index contributed by atoms with van der Waals surface area (Å²) in [5.74, 6) is -1.73. The maximum absolute atomic E-state index is 12.7. The molecule has 0 amide bonds. The zero-order chi connectivity index (χ0) is 42.1. The standard InChI is InChI=1S/C49H93NO7/c1-6-8-10-12-14-16-18-19-20-21-22-23-24-25-26-27-28-30-32-34-36-38-40-48(52)57-45(43-55-42-41-46(49(53)54)50(3,4)5)44-56-47(51)39-37-35-33-31-29-17-15-13-11-9-7-2/h24-25,45-46H,6-23,26-44H2,1-5H3/b25-24+. The summed E-state index contributed by atoms with van der Waals surface area (Å²) in [4.78, 5) is 36.9. The SMILES string of the molecule is CCCCCCCCCCCCC/C=C/CCCCCCCCCC(=O)OC(COCCC(C(=O)[O-])[N+](C)(C)C)COC(=O)CCCCCCCCCCCCC. The van der Waals surface area contributed by atoms with Crippen LogP contribution in [0.3, 0.4) is 0 Å². The Morgan fingerprint density at radius 1 is 0.509 bits per heavy atom. The molecule has 336 valence electrons. The van der Waals surface area contributed by atoms with Gasteiger partial charge in [0.1, 0.15) is 12.6 Å². The summed E-state index contributed by atoms with van der Waals surface area (Å²) in [7, 11) is 5.42. The minimum Gasteiger partial charge on any atom is -0.544 e. The minimum absolute atomic E-state index is 0.0446. The molecule has 57 heavy (non-hydrogen) atoms. The van der Waals surface area contributed by atoms with Crippen LogP contribution in [0.1, 0.15) is 232 Å². The number of nitrogens with zero attached hydrogens (tertiary/aromatic N) is 1. The van der Waals surface area contributed by atoms with Gasteiger partial charge in [-0.2, -0.15) is 0 Å². The van der Waals surface area contributed by atoms with Crippen molar-refractivity contribution in [2.75, 3.05) is 41.0 Å². The number of esters is 2. The molecule has 8 heteroatoms. The van der Waals surface area contributed by atoms with E-state index < -0.39 is 18.1 Å². The van der Waals surface area contributed by atoms with Crippen LogP contribution in [0.25, 0.3) is 0 Å². The van der Waals surface area contributed by atoms with Gasteiger partial charge in [0.15, 0.2) is 6.10 Å². The Kier molecular flexibility index (Phi) is 39.4. The molecule has 0 fully saturated rings. The number of carboxylic acids is 1. The van der Waals surface area contributed by atoms with Crippen molar-refractivity contribution >= 4 is 17.9 Å². The highest BCUT2D eigenvalue weighted by Crippen LogP contribution is 2.15. The van der Waals surface area contributed by atoms with Crippen molar-refractivity contribution in [2.45, 2.75) is 244 Å². The predicted molar refractivity (Wildman–Crippen MR) is 236 cm³/mol. The van der Waals surface area contributed by atoms with Gasteiger partial charge in [-0.3, -0.25) is 9.59 Å². The Hall–Kier alpha value is -1.93. The molecule has 0 aromatic heterocycles. The number of hydrogen-bond donors (Lipinski definition) is 0. The van der Waals surface area contributed by atoms with Gasteiger partial charge < -0.3 is 28.6 Å². The molecule has 0 aliphatic carbocycles. The molecule has 0 bridgehead atoms. The van der Waals surface area contributed by atoms with Crippen molar-refractivity contribution in [3.8, 4) is 0 Å². The van der Waals surface area contributed by atoms with E-state index in [0.717, 1.165) is 38.5 Å². The average molecular weight is 808 g/mol. The van der Waals surface area contributed by atoms with Gasteiger partial charge in [-0.1, -0.05) is 187 Å². The lowest BCUT2D eigenvalue weighted by Crippen LogP contribution is -2.55. The first-order valence-corrected chi connectivity index (χ1v) is 24.2. The number of allylic oxidation sites excluding steroid dienone is 2. The Labute approximate surface area is 352 Å². The highest BCUT2D eigenvalue weighted by atomic mass is 16.6. The Bertz CT molecular complexity index is 947. The summed E-state index contributed by atoms with van der Waals surface area (Å²) in [6.07, 6.45) is 43.8. The second kappa shape index (κ2) is 40.8. The normalized spacial score (nSPS) is 12.9. The van der Waals surface area contributed by atoms with Crippen molar-refractivity contribution in [3.05, 3.63) is 12.2 Å². The highest BCUT2D eigenvalue weighted by molar-refractivity contribution is 5.70. The number of unbranched alkanes of at least 4 members (excludes halogenated alkanes) is 28. The highest BCUT2D eigenvalue weighted by Gasteiger charge is 2.25. The number of likely N-dealkylation sites (N-methyl/N-ethyl adjacent to an activating group) is 1. The quantitative estimate of drug-likeness (QED) is 0.0261. The third-order valence-corrected chi connectivity index (χ3v) is 11.2. The molecule has 0 aromatic rings. The lowest BCUT2D eigenvalue weighted by Gasteiger charge is -2.34. The number of carbonyl (C=O) groups is 3. The number of ether oxygens (including phenoxy) is 3. The molecule has 2 atom stereocenters. The van der Waals surface area contributed by atoms with E-state index in [1.807, 2.05) is 0 Å². The molecule has 8 nitrogen and oxygen atoms in total. The molecule has 0 aliphatic rings. The summed E-state index contributed by atoms with van der Waals surface area (Å²) < 4.78 is 17.2. The smallest absolute Gasteiger partial charge is 0.306 e. The van der Waals surface area contributed by atoms with Crippen molar-refractivity contribution < 1.29 is 38.2 Å². The third kappa shape index (κ3) is 39.3. The van der Waals surface area contributed by atoms with Crippen LogP contribution in [-0.2, 0) is 28.6 Å². The van der Waals surface area contributed by atoms with Crippen LogP contribution in [0, 0.1) is 0 Å².